The molecule has 0 radical (unpaired) electrons. The Hall–Kier alpha value is -2.02. The van der Waals surface area contributed by atoms with Crippen molar-refractivity contribution in [2.45, 2.75) is 12.2 Å². The topological polar surface area (TPSA) is 40.6 Å². The number of hydrogen-bond donors (Lipinski definition) is 0. The highest BCUT2D eigenvalue weighted by molar-refractivity contribution is 7.84. The van der Waals surface area contributed by atoms with Gasteiger partial charge in [-0.2, -0.15) is 0 Å². The minimum absolute atomic E-state index is 0.129. The summed E-state index contributed by atoms with van der Waals surface area (Å²) in [4.78, 5) is 17.8. The average molecular weight is 427 g/mol. The maximum Gasteiger partial charge on any atom is 0.223 e. The predicted molar refractivity (Wildman–Crippen MR) is 123 cm³/mol. The molecule has 4 nitrogen and oxygen atoms in total. The van der Waals surface area contributed by atoms with Gasteiger partial charge in [-0.3, -0.25) is 9.00 Å². The van der Waals surface area contributed by atoms with E-state index in [1.807, 2.05) is 17.0 Å². The van der Waals surface area contributed by atoms with Crippen molar-refractivity contribution in [2.75, 3.05) is 39.0 Å². The van der Waals surface area contributed by atoms with Crippen LogP contribution >= 0.6 is 11.3 Å². The Kier molecular flexibility index (Phi) is 6.43. The van der Waals surface area contributed by atoms with E-state index < -0.39 is 10.8 Å². The van der Waals surface area contributed by atoms with E-state index in [1.54, 1.807) is 11.3 Å². The molecule has 1 unspecified atom stereocenters. The summed E-state index contributed by atoms with van der Waals surface area (Å²) in [7, 11) is 1.02. The van der Waals surface area contributed by atoms with Gasteiger partial charge in [-0.05, 0) is 35.7 Å². The number of thiophene rings is 1. The van der Waals surface area contributed by atoms with Crippen LogP contribution in [0.15, 0.2) is 54.6 Å². The highest BCUT2D eigenvalue weighted by atomic mass is 32.2. The molecule has 0 bridgehead atoms. The van der Waals surface area contributed by atoms with Crippen LogP contribution in [0.25, 0.3) is 20.5 Å². The highest BCUT2D eigenvalue weighted by Crippen LogP contribution is 2.35. The summed E-state index contributed by atoms with van der Waals surface area (Å²) in [6.45, 7) is 3.38. The fraction of sp³-hybridized carbons (Fsp3) is 0.348. The van der Waals surface area contributed by atoms with Crippen LogP contribution in [0.1, 0.15) is 12.0 Å². The van der Waals surface area contributed by atoms with E-state index >= 15 is 0 Å². The van der Waals surface area contributed by atoms with Crippen LogP contribution in [0.2, 0.25) is 0 Å². The lowest BCUT2D eigenvalue weighted by Crippen LogP contribution is -2.47. The maximum atomic E-state index is 12.7. The van der Waals surface area contributed by atoms with E-state index in [9.17, 15) is 9.00 Å². The first-order chi connectivity index (χ1) is 14.1. The monoisotopic (exact) mass is 426 g/mol. The number of carbonyl (C=O) groups excluding carboxylic acids is 1. The molecular formula is C23H26N2O2S2. The van der Waals surface area contributed by atoms with Gasteiger partial charge in [0.2, 0.25) is 5.91 Å². The third-order valence-corrected chi connectivity index (χ3v) is 7.87. The molecule has 0 aliphatic carbocycles. The number of amides is 1. The Labute approximate surface area is 178 Å². The molecule has 0 saturated carbocycles. The molecule has 152 valence electrons. The number of likely N-dealkylation sites (N-methyl/N-ethyl adjacent to an activating group) is 1. The lowest BCUT2D eigenvalue weighted by Gasteiger charge is -2.32. The Morgan fingerprint density at radius 3 is 2.55 bits per heavy atom. The van der Waals surface area contributed by atoms with Crippen LogP contribution in [0.3, 0.4) is 0 Å². The Balaban J connectivity index is 1.40. The molecule has 3 aromatic rings. The van der Waals surface area contributed by atoms with E-state index in [0.29, 0.717) is 17.9 Å². The molecule has 1 atom stereocenters. The lowest BCUT2D eigenvalue weighted by atomic mass is 10.1. The lowest BCUT2D eigenvalue weighted by molar-refractivity contribution is -0.132. The molecule has 4 rings (SSSR count). The molecular weight excluding hydrogens is 400 g/mol. The van der Waals surface area contributed by atoms with Crippen molar-refractivity contribution < 1.29 is 9.00 Å². The third-order valence-electron chi connectivity index (χ3n) is 5.42. The van der Waals surface area contributed by atoms with Crippen molar-refractivity contribution >= 4 is 38.1 Å². The second-order valence-electron chi connectivity index (χ2n) is 7.53. The highest BCUT2D eigenvalue weighted by Gasteiger charge is 2.19. The molecule has 29 heavy (non-hydrogen) atoms. The molecule has 1 saturated heterocycles. The summed E-state index contributed by atoms with van der Waals surface area (Å²) >= 11 is 1.77. The first-order valence-electron chi connectivity index (χ1n) is 9.98. The standard InChI is InChI=1S/C23H26N2O2S2/c1-24-11-13-25(14-12-24)23(26)10-15-29(27)17-19-7-2-4-8-20(19)22-16-18-6-3-5-9-21(18)28-22/h2-9,16H,10-15,17H2,1H3. The van der Waals surface area contributed by atoms with Gasteiger partial charge in [-0.25, -0.2) is 0 Å². The zero-order valence-electron chi connectivity index (χ0n) is 16.7. The van der Waals surface area contributed by atoms with Gasteiger partial charge < -0.3 is 9.80 Å². The smallest absolute Gasteiger partial charge is 0.223 e. The molecule has 6 heteroatoms. The quantitative estimate of drug-likeness (QED) is 0.599. The first-order valence-corrected chi connectivity index (χ1v) is 12.3. The van der Waals surface area contributed by atoms with Gasteiger partial charge in [0.25, 0.3) is 0 Å². The number of rotatable bonds is 6. The van der Waals surface area contributed by atoms with E-state index in [0.717, 1.165) is 37.3 Å². The Bertz CT molecular complexity index is 989. The van der Waals surface area contributed by atoms with Gasteiger partial charge in [0.15, 0.2) is 0 Å². The molecule has 1 aromatic heterocycles. The molecule has 0 N–H and O–H groups in total. The zero-order valence-corrected chi connectivity index (χ0v) is 18.3. The van der Waals surface area contributed by atoms with Crippen molar-refractivity contribution in [3.63, 3.8) is 0 Å². The maximum absolute atomic E-state index is 12.7. The fourth-order valence-electron chi connectivity index (χ4n) is 3.66. The number of carbonyl (C=O) groups is 1. The summed E-state index contributed by atoms with van der Waals surface area (Å²) in [5, 5.41) is 1.24. The van der Waals surface area contributed by atoms with Gasteiger partial charge in [0, 0.05) is 64.5 Å². The van der Waals surface area contributed by atoms with Crippen LogP contribution in [0.4, 0.5) is 0 Å². The van der Waals surface area contributed by atoms with Crippen LogP contribution < -0.4 is 0 Å². The molecule has 1 aliphatic heterocycles. The number of piperazine rings is 1. The normalized spacial score (nSPS) is 16.2. The minimum atomic E-state index is -1.06. The minimum Gasteiger partial charge on any atom is -0.340 e. The van der Waals surface area contributed by atoms with Crippen molar-refractivity contribution in [3.05, 3.63) is 60.2 Å². The van der Waals surface area contributed by atoms with Crippen molar-refractivity contribution in [2.24, 2.45) is 0 Å². The van der Waals surface area contributed by atoms with E-state index in [-0.39, 0.29) is 5.91 Å². The molecule has 1 amide bonds. The molecule has 1 fully saturated rings. The van der Waals surface area contributed by atoms with Gasteiger partial charge >= 0.3 is 0 Å². The Morgan fingerprint density at radius 1 is 1.03 bits per heavy atom. The third kappa shape index (κ3) is 4.94. The molecule has 2 aromatic carbocycles. The van der Waals surface area contributed by atoms with Crippen molar-refractivity contribution in [3.8, 4) is 10.4 Å². The molecule has 2 heterocycles. The van der Waals surface area contributed by atoms with E-state index in [1.165, 1.54) is 15.0 Å². The van der Waals surface area contributed by atoms with Gasteiger partial charge in [-0.1, -0.05) is 42.5 Å². The second-order valence-corrected chi connectivity index (χ2v) is 10.2. The largest absolute Gasteiger partial charge is 0.340 e. The SMILES string of the molecule is CN1CCN(C(=O)CCS(=O)Cc2ccccc2-c2cc3ccccc3s2)CC1. The first kappa shape index (κ1) is 20.3. The summed E-state index contributed by atoms with van der Waals surface area (Å²) < 4.78 is 14.0. The zero-order chi connectivity index (χ0) is 20.2. The molecule has 1 aliphatic rings. The summed E-state index contributed by atoms with van der Waals surface area (Å²) in [6.07, 6.45) is 0.362. The predicted octanol–water partition coefficient (Wildman–Crippen LogP) is 3.98. The number of nitrogens with zero attached hydrogens (tertiary/aromatic N) is 2. The second kappa shape index (κ2) is 9.20. The Morgan fingerprint density at radius 2 is 1.76 bits per heavy atom. The van der Waals surface area contributed by atoms with Gasteiger partial charge in [0.05, 0.1) is 0 Å². The van der Waals surface area contributed by atoms with Crippen LogP contribution in [0.5, 0.6) is 0 Å². The van der Waals surface area contributed by atoms with E-state index in [2.05, 4.69) is 54.4 Å². The summed E-state index contributed by atoms with van der Waals surface area (Å²) in [5.74, 6) is 1.04. The average Bonchev–Trinajstić information content (AvgIpc) is 3.17. The van der Waals surface area contributed by atoms with Crippen LogP contribution in [-0.4, -0.2) is 58.9 Å². The number of benzene rings is 2. The molecule has 0 spiro atoms. The number of fused-ring (bicyclic) bond motifs is 1. The van der Waals surface area contributed by atoms with Gasteiger partial charge in [-0.15, -0.1) is 11.3 Å². The van der Waals surface area contributed by atoms with Crippen LogP contribution in [0, 0.1) is 0 Å². The number of hydrogen-bond acceptors (Lipinski definition) is 4. The fourth-order valence-corrected chi connectivity index (χ4v) is 5.93. The van der Waals surface area contributed by atoms with Gasteiger partial charge in [0.1, 0.15) is 0 Å². The van der Waals surface area contributed by atoms with Crippen molar-refractivity contribution in [1.82, 2.24) is 9.80 Å². The summed E-state index contributed by atoms with van der Waals surface area (Å²) in [5.41, 5.74) is 2.23. The van der Waals surface area contributed by atoms with Crippen molar-refractivity contribution in [1.29, 1.82) is 0 Å². The summed E-state index contributed by atoms with van der Waals surface area (Å²) in [6, 6.07) is 18.8. The van der Waals surface area contributed by atoms with E-state index in [4.69, 9.17) is 0 Å². The van der Waals surface area contributed by atoms with Crippen LogP contribution in [-0.2, 0) is 21.3 Å².